The van der Waals surface area contributed by atoms with Gasteiger partial charge in [-0.25, -0.2) is 0 Å². The summed E-state index contributed by atoms with van der Waals surface area (Å²) < 4.78 is 0. The first-order valence-electron chi connectivity index (χ1n) is 7.40. The molecule has 0 radical (unpaired) electrons. The molecule has 0 spiro atoms. The summed E-state index contributed by atoms with van der Waals surface area (Å²) in [6, 6.07) is 0. The monoisotopic (exact) mass is 239 g/mol. The smallest absolute Gasteiger partial charge is 0.0726 e. The first-order valence-corrected chi connectivity index (χ1v) is 7.40. The van der Waals surface area contributed by atoms with Crippen LogP contribution in [0.25, 0.3) is 0 Å². The van der Waals surface area contributed by atoms with Crippen LogP contribution in [0, 0.1) is 11.8 Å². The number of nitrogens with zero attached hydrogens (tertiary/aromatic N) is 1. The molecule has 0 amide bonds. The van der Waals surface area contributed by atoms with Gasteiger partial charge < -0.3 is 10.0 Å². The Bertz CT molecular complexity index is 249. The second-order valence-corrected chi connectivity index (χ2v) is 6.75. The molecule has 0 aromatic heterocycles. The van der Waals surface area contributed by atoms with Crippen molar-refractivity contribution in [3.63, 3.8) is 0 Å². The molecule has 2 rings (SSSR count). The van der Waals surface area contributed by atoms with Gasteiger partial charge in [0, 0.05) is 5.54 Å². The molecule has 0 bridgehead atoms. The number of rotatable bonds is 4. The molecule has 3 unspecified atom stereocenters. The minimum atomic E-state index is -0.120. The maximum Gasteiger partial charge on any atom is 0.0726 e. The van der Waals surface area contributed by atoms with Crippen LogP contribution >= 0.6 is 0 Å². The van der Waals surface area contributed by atoms with Crippen molar-refractivity contribution in [3.05, 3.63) is 0 Å². The number of hydrogen-bond acceptors (Lipinski definition) is 2. The zero-order valence-electron chi connectivity index (χ0n) is 11.8. The zero-order chi connectivity index (χ0) is 12.5. The van der Waals surface area contributed by atoms with Crippen molar-refractivity contribution in [2.45, 2.75) is 69.9 Å². The van der Waals surface area contributed by atoms with E-state index in [0.717, 1.165) is 18.3 Å². The lowest BCUT2D eigenvalue weighted by molar-refractivity contribution is -0.0581. The summed E-state index contributed by atoms with van der Waals surface area (Å²) in [7, 11) is 4.31. The summed E-state index contributed by atoms with van der Waals surface area (Å²) >= 11 is 0. The molecule has 2 aliphatic rings. The number of aliphatic hydroxyl groups is 1. The van der Waals surface area contributed by atoms with E-state index in [1.807, 2.05) is 0 Å². The highest BCUT2D eigenvalue weighted by Gasteiger charge is 2.43. The third kappa shape index (κ3) is 2.68. The fourth-order valence-corrected chi connectivity index (χ4v) is 3.83. The van der Waals surface area contributed by atoms with Crippen molar-refractivity contribution in [2.24, 2.45) is 11.8 Å². The average Bonchev–Trinajstić information content (AvgIpc) is 2.22. The Morgan fingerprint density at radius 1 is 1.24 bits per heavy atom. The lowest BCUT2D eigenvalue weighted by Gasteiger charge is -2.49. The van der Waals surface area contributed by atoms with E-state index in [1.165, 1.54) is 44.9 Å². The first kappa shape index (κ1) is 13.4. The fraction of sp³-hybridized carbons (Fsp3) is 1.00. The highest BCUT2D eigenvalue weighted by molar-refractivity contribution is 4.99. The van der Waals surface area contributed by atoms with E-state index in [1.54, 1.807) is 0 Å². The van der Waals surface area contributed by atoms with E-state index in [4.69, 9.17) is 0 Å². The van der Waals surface area contributed by atoms with Crippen LogP contribution in [0.2, 0.25) is 0 Å². The second kappa shape index (κ2) is 5.27. The molecule has 2 aliphatic carbocycles. The van der Waals surface area contributed by atoms with Gasteiger partial charge in [-0.05, 0) is 45.2 Å². The first-order chi connectivity index (χ1) is 8.04. The summed E-state index contributed by atoms with van der Waals surface area (Å²) in [5, 5.41) is 10.7. The second-order valence-electron chi connectivity index (χ2n) is 6.75. The van der Waals surface area contributed by atoms with E-state index < -0.39 is 0 Å². The Hall–Kier alpha value is -0.0800. The van der Waals surface area contributed by atoms with Gasteiger partial charge in [-0.3, -0.25) is 0 Å². The van der Waals surface area contributed by atoms with Gasteiger partial charge in [0.25, 0.3) is 0 Å². The van der Waals surface area contributed by atoms with E-state index in [9.17, 15) is 5.11 Å². The predicted octanol–water partition coefficient (Wildman–Crippen LogP) is 3.05. The summed E-state index contributed by atoms with van der Waals surface area (Å²) in [6.07, 6.45) is 9.95. The molecule has 3 atom stereocenters. The van der Waals surface area contributed by atoms with Gasteiger partial charge in [0.2, 0.25) is 0 Å². The number of aliphatic hydroxyl groups excluding tert-OH is 1. The Morgan fingerprint density at radius 3 is 2.41 bits per heavy atom. The molecule has 2 saturated carbocycles. The standard InChI is InChI=1S/C15H29NO/c1-12-6-5-9-15(11-12,16(2)3)14(17)10-13-7-4-8-13/h12-14,17H,4-11H2,1-3H3. The maximum atomic E-state index is 10.7. The van der Waals surface area contributed by atoms with Gasteiger partial charge in [0.15, 0.2) is 0 Å². The number of hydrogen-bond donors (Lipinski definition) is 1. The van der Waals surface area contributed by atoms with Crippen molar-refractivity contribution in [1.82, 2.24) is 4.90 Å². The van der Waals surface area contributed by atoms with Gasteiger partial charge >= 0.3 is 0 Å². The van der Waals surface area contributed by atoms with E-state index in [0.29, 0.717) is 0 Å². The molecule has 0 saturated heterocycles. The van der Waals surface area contributed by atoms with Crippen LogP contribution in [0.1, 0.15) is 58.3 Å². The average molecular weight is 239 g/mol. The molecule has 100 valence electrons. The molecule has 0 aromatic carbocycles. The third-order valence-corrected chi connectivity index (χ3v) is 5.30. The normalized spacial score (nSPS) is 36.9. The van der Waals surface area contributed by atoms with Crippen LogP contribution in [-0.4, -0.2) is 35.7 Å². The predicted molar refractivity (Wildman–Crippen MR) is 72.0 cm³/mol. The molecular weight excluding hydrogens is 210 g/mol. The van der Waals surface area contributed by atoms with Crippen LogP contribution in [-0.2, 0) is 0 Å². The molecule has 2 heteroatoms. The maximum absolute atomic E-state index is 10.7. The van der Waals surface area contributed by atoms with Crippen LogP contribution < -0.4 is 0 Å². The Labute approximate surface area is 106 Å². The van der Waals surface area contributed by atoms with Gasteiger partial charge in [0.05, 0.1) is 6.10 Å². The molecule has 1 N–H and O–H groups in total. The summed E-state index contributed by atoms with van der Waals surface area (Å²) in [5.74, 6) is 1.57. The van der Waals surface area contributed by atoms with Crippen molar-refractivity contribution in [3.8, 4) is 0 Å². The molecular formula is C15H29NO. The number of likely N-dealkylation sites (N-methyl/N-ethyl adjacent to an activating group) is 1. The third-order valence-electron chi connectivity index (χ3n) is 5.30. The molecule has 0 heterocycles. The van der Waals surface area contributed by atoms with Crippen molar-refractivity contribution in [2.75, 3.05) is 14.1 Å². The largest absolute Gasteiger partial charge is 0.391 e. The van der Waals surface area contributed by atoms with Crippen LogP contribution in [0.3, 0.4) is 0 Å². The highest BCUT2D eigenvalue weighted by atomic mass is 16.3. The van der Waals surface area contributed by atoms with Crippen molar-refractivity contribution in [1.29, 1.82) is 0 Å². The van der Waals surface area contributed by atoms with E-state index in [2.05, 4.69) is 25.9 Å². The SMILES string of the molecule is CC1CCCC(C(O)CC2CCC2)(N(C)C)C1. The minimum absolute atomic E-state index is 0.0628. The quantitative estimate of drug-likeness (QED) is 0.815. The van der Waals surface area contributed by atoms with E-state index >= 15 is 0 Å². The van der Waals surface area contributed by atoms with Gasteiger partial charge in [0.1, 0.15) is 0 Å². The molecule has 2 nitrogen and oxygen atoms in total. The van der Waals surface area contributed by atoms with Crippen LogP contribution in [0.4, 0.5) is 0 Å². The molecule has 0 aromatic rings. The van der Waals surface area contributed by atoms with Crippen molar-refractivity contribution < 1.29 is 5.11 Å². The fourth-order valence-electron chi connectivity index (χ4n) is 3.83. The summed E-state index contributed by atoms with van der Waals surface area (Å²) in [5.41, 5.74) is 0.0628. The van der Waals surface area contributed by atoms with Gasteiger partial charge in [-0.2, -0.15) is 0 Å². The van der Waals surface area contributed by atoms with E-state index in [-0.39, 0.29) is 11.6 Å². The highest BCUT2D eigenvalue weighted by Crippen LogP contribution is 2.42. The topological polar surface area (TPSA) is 23.5 Å². The molecule has 2 fully saturated rings. The zero-order valence-corrected chi connectivity index (χ0v) is 11.8. The van der Waals surface area contributed by atoms with Crippen LogP contribution in [0.15, 0.2) is 0 Å². The summed E-state index contributed by atoms with van der Waals surface area (Å²) in [6.45, 7) is 2.34. The Kier molecular flexibility index (Phi) is 4.14. The van der Waals surface area contributed by atoms with Crippen LogP contribution in [0.5, 0.6) is 0 Å². The lowest BCUT2D eigenvalue weighted by Crippen LogP contribution is -2.56. The minimum Gasteiger partial charge on any atom is -0.391 e. The van der Waals surface area contributed by atoms with Crippen molar-refractivity contribution >= 4 is 0 Å². The Morgan fingerprint density at radius 2 is 1.94 bits per heavy atom. The Balaban J connectivity index is 2.03. The summed E-state index contributed by atoms with van der Waals surface area (Å²) in [4.78, 5) is 2.31. The van der Waals surface area contributed by atoms with Gasteiger partial charge in [-0.15, -0.1) is 0 Å². The molecule has 0 aliphatic heterocycles. The lowest BCUT2D eigenvalue weighted by atomic mass is 9.68. The molecule has 17 heavy (non-hydrogen) atoms. The van der Waals surface area contributed by atoms with Gasteiger partial charge in [-0.1, -0.05) is 39.0 Å².